The fraction of sp³-hybridized carbons (Fsp3) is 0.143. The van der Waals surface area contributed by atoms with Gasteiger partial charge in [-0.1, -0.05) is 36.4 Å². The number of para-hydroxylation sites is 1. The molecule has 3 aromatic rings. The number of amides is 1. The molecule has 6 heteroatoms. The van der Waals surface area contributed by atoms with Crippen LogP contribution in [-0.4, -0.2) is 16.7 Å². The first-order chi connectivity index (χ1) is 12.9. The highest BCUT2D eigenvalue weighted by atomic mass is 19.1. The van der Waals surface area contributed by atoms with Crippen molar-refractivity contribution in [2.24, 2.45) is 5.73 Å². The monoisotopic (exact) mass is 364 g/mol. The van der Waals surface area contributed by atoms with E-state index in [0.29, 0.717) is 11.1 Å². The van der Waals surface area contributed by atoms with Crippen LogP contribution in [0.15, 0.2) is 54.6 Å². The number of aryl methyl sites for hydroxylation is 2. The first-order valence-corrected chi connectivity index (χ1v) is 8.52. The molecule has 0 spiro atoms. The minimum atomic E-state index is -0.462. The Labute approximate surface area is 157 Å². The summed E-state index contributed by atoms with van der Waals surface area (Å²) in [5, 5.41) is 7.48. The molecule has 0 bridgehead atoms. The van der Waals surface area contributed by atoms with Gasteiger partial charge in [-0.3, -0.25) is 10.2 Å². The van der Waals surface area contributed by atoms with Crippen LogP contribution in [-0.2, 0) is 6.54 Å². The number of H-pyrrole nitrogens is 1. The van der Waals surface area contributed by atoms with Gasteiger partial charge in [0, 0.05) is 17.0 Å². The zero-order valence-electron chi connectivity index (χ0n) is 15.2. The number of nitrogens with one attached hydrogen (secondary N) is 2. The van der Waals surface area contributed by atoms with Gasteiger partial charge in [-0.2, -0.15) is 0 Å². The Hall–Kier alpha value is -3.41. The fourth-order valence-corrected chi connectivity index (χ4v) is 3.00. The van der Waals surface area contributed by atoms with Gasteiger partial charge in [0.15, 0.2) is 0 Å². The van der Waals surface area contributed by atoms with Crippen molar-refractivity contribution in [1.82, 2.24) is 4.98 Å². The molecule has 1 aromatic heterocycles. The largest absolute Gasteiger partial charge is 0.384 e. The van der Waals surface area contributed by atoms with Crippen LogP contribution in [0.1, 0.15) is 32.9 Å². The van der Waals surface area contributed by atoms with Gasteiger partial charge in [-0.25, -0.2) is 4.39 Å². The van der Waals surface area contributed by atoms with Gasteiger partial charge < -0.3 is 15.6 Å². The highest BCUT2D eigenvalue weighted by molar-refractivity contribution is 6.07. The van der Waals surface area contributed by atoms with Crippen LogP contribution in [0.25, 0.3) is 0 Å². The molecule has 2 aromatic carbocycles. The number of carbonyl (C=O) groups is 1. The summed E-state index contributed by atoms with van der Waals surface area (Å²) in [6.07, 6.45) is 0. The van der Waals surface area contributed by atoms with Crippen molar-refractivity contribution in [3.63, 3.8) is 0 Å². The van der Waals surface area contributed by atoms with Crippen LogP contribution >= 0.6 is 0 Å². The molecule has 0 fully saturated rings. The average Bonchev–Trinajstić information content (AvgIpc) is 2.98. The number of aromatic nitrogens is 1. The first-order valence-electron chi connectivity index (χ1n) is 8.52. The van der Waals surface area contributed by atoms with E-state index in [4.69, 9.17) is 11.1 Å². The van der Waals surface area contributed by atoms with Crippen molar-refractivity contribution in [3.8, 4) is 0 Å². The first kappa shape index (κ1) is 18.4. The van der Waals surface area contributed by atoms with Gasteiger partial charge in [-0.15, -0.1) is 0 Å². The Morgan fingerprint density at radius 2 is 1.81 bits per heavy atom. The number of benzene rings is 2. The highest BCUT2D eigenvalue weighted by Gasteiger charge is 2.23. The summed E-state index contributed by atoms with van der Waals surface area (Å²) in [5.74, 6) is -0.768. The van der Waals surface area contributed by atoms with Crippen molar-refractivity contribution >= 4 is 17.4 Å². The van der Waals surface area contributed by atoms with Crippen molar-refractivity contribution in [3.05, 3.63) is 88.5 Å². The summed E-state index contributed by atoms with van der Waals surface area (Å²) in [7, 11) is 0. The van der Waals surface area contributed by atoms with Crippen LogP contribution in [0.3, 0.4) is 0 Å². The van der Waals surface area contributed by atoms with Crippen LogP contribution in [0, 0.1) is 25.1 Å². The second-order valence-electron chi connectivity index (χ2n) is 6.44. The Morgan fingerprint density at radius 3 is 2.37 bits per heavy atom. The molecule has 0 saturated carbocycles. The lowest BCUT2D eigenvalue weighted by atomic mass is 10.1. The number of amidine groups is 1. The summed E-state index contributed by atoms with van der Waals surface area (Å²) < 4.78 is 14.4. The van der Waals surface area contributed by atoms with Crippen molar-refractivity contribution in [2.45, 2.75) is 20.4 Å². The normalized spacial score (nSPS) is 10.6. The second-order valence-corrected chi connectivity index (χ2v) is 6.44. The Balaban J connectivity index is 2.00. The van der Waals surface area contributed by atoms with Gasteiger partial charge in [0.1, 0.15) is 11.7 Å². The van der Waals surface area contributed by atoms with Crippen LogP contribution in [0.4, 0.5) is 10.1 Å². The molecular weight excluding hydrogens is 343 g/mol. The van der Waals surface area contributed by atoms with Gasteiger partial charge in [-0.05, 0) is 37.6 Å². The van der Waals surface area contributed by atoms with E-state index in [2.05, 4.69) is 4.98 Å². The summed E-state index contributed by atoms with van der Waals surface area (Å²) in [6.45, 7) is 3.89. The number of nitrogens with zero attached hydrogens (tertiary/aromatic N) is 1. The van der Waals surface area contributed by atoms with E-state index in [-0.39, 0.29) is 24.0 Å². The van der Waals surface area contributed by atoms with Crippen LogP contribution < -0.4 is 10.6 Å². The minimum absolute atomic E-state index is 0.0259. The second kappa shape index (κ2) is 7.45. The lowest BCUT2D eigenvalue weighted by Gasteiger charge is -2.23. The zero-order chi connectivity index (χ0) is 19.6. The minimum Gasteiger partial charge on any atom is -0.384 e. The number of hydrogen-bond acceptors (Lipinski definition) is 2. The van der Waals surface area contributed by atoms with Gasteiger partial charge in [0.2, 0.25) is 0 Å². The molecule has 3 rings (SSSR count). The SMILES string of the molecule is Cc1cc(C(=O)N(Cc2ccc(C(=N)N)cc2)c2ccccc2F)c(C)[nH]1. The third kappa shape index (κ3) is 3.89. The van der Waals surface area contributed by atoms with E-state index in [1.54, 1.807) is 48.5 Å². The summed E-state index contributed by atoms with van der Waals surface area (Å²) in [5.41, 5.74) is 9.23. The van der Waals surface area contributed by atoms with Gasteiger partial charge >= 0.3 is 0 Å². The molecule has 5 nitrogen and oxygen atoms in total. The fourth-order valence-electron chi connectivity index (χ4n) is 3.00. The molecule has 0 unspecified atom stereocenters. The maximum absolute atomic E-state index is 14.4. The molecule has 1 heterocycles. The van der Waals surface area contributed by atoms with Crippen molar-refractivity contribution < 1.29 is 9.18 Å². The standard InChI is InChI=1S/C21H21FN4O/c1-13-11-17(14(2)25-13)21(27)26(19-6-4-3-5-18(19)22)12-15-7-9-16(10-8-15)20(23)24/h3-11,25H,12H2,1-2H3,(H3,23,24). The molecule has 0 aliphatic carbocycles. The van der Waals surface area contributed by atoms with E-state index in [1.165, 1.54) is 11.0 Å². The number of rotatable bonds is 5. The number of hydrogen-bond donors (Lipinski definition) is 3. The summed E-state index contributed by atoms with van der Waals surface area (Å²) in [4.78, 5) is 17.7. The van der Waals surface area contributed by atoms with E-state index >= 15 is 0 Å². The molecule has 1 amide bonds. The molecule has 0 atom stereocenters. The molecular formula is C21H21FN4O. The zero-order valence-corrected chi connectivity index (χ0v) is 15.2. The molecule has 0 radical (unpaired) electrons. The molecule has 0 saturated heterocycles. The molecule has 0 aliphatic heterocycles. The number of nitrogens with two attached hydrogens (primary N) is 1. The maximum Gasteiger partial charge on any atom is 0.260 e. The predicted molar refractivity (Wildman–Crippen MR) is 105 cm³/mol. The third-order valence-corrected chi connectivity index (χ3v) is 4.37. The van der Waals surface area contributed by atoms with Gasteiger partial charge in [0.25, 0.3) is 5.91 Å². The number of halogens is 1. The molecule has 138 valence electrons. The van der Waals surface area contributed by atoms with Crippen molar-refractivity contribution in [2.75, 3.05) is 4.90 Å². The van der Waals surface area contributed by atoms with Gasteiger partial charge in [0.05, 0.1) is 17.8 Å². The van der Waals surface area contributed by atoms with E-state index in [0.717, 1.165) is 17.0 Å². The molecule has 4 N–H and O–H groups in total. The van der Waals surface area contributed by atoms with Crippen LogP contribution in [0.2, 0.25) is 0 Å². The van der Waals surface area contributed by atoms with Crippen LogP contribution in [0.5, 0.6) is 0 Å². The number of aromatic amines is 1. The smallest absolute Gasteiger partial charge is 0.260 e. The lowest BCUT2D eigenvalue weighted by Crippen LogP contribution is -2.31. The highest BCUT2D eigenvalue weighted by Crippen LogP contribution is 2.25. The molecule has 27 heavy (non-hydrogen) atoms. The van der Waals surface area contributed by atoms with Crippen molar-refractivity contribution in [1.29, 1.82) is 5.41 Å². The quantitative estimate of drug-likeness (QED) is 0.474. The van der Waals surface area contributed by atoms with E-state index in [9.17, 15) is 9.18 Å². The Morgan fingerprint density at radius 1 is 1.15 bits per heavy atom. The number of nitrogen functional groups attached to an aromatic ring is 1. The maximum atomic E-state index is 14.4. The number of carbonyl (C=O) groups excluding carboxylic acids is 1. The lowest BCUT2D eigenvalue weighted by molar-refractivity contribution is 0.0983. The molecule has 0 aliphatic rings. The third-order valence-electron chi connectivity index (χ3n) is 4.37. The summed E-state index contributed by atoms with van der Waals surface area (Å²) >= 11 is 0. The Kier molecular flexibility index (Phi) is 5.07. The van der Waals surface area contributed by atoms with E-state index in [1.807, 2.05) is 13.8 Å². The number of anilines is 1. The Bertz CT molecular complexity index is 992. The average molecular weight is 364 g/mol. The topological polar surface area (TPSA) is 86.0 Å². The predicted octanol–water partition coefficient (Wildman–Crippen LogP) is 3.90. The van der Waals surface area contributed by atoms with E-state index < -0.39 is 5.82 Å². The summed E-state index contributed by atoms with van der Waals surface area (Å²) in [6, 6.07) is 15.0.